The van der Waals surface area contributed by atoms with Crippen LogP contribution in [-0.2, 0) is 9.53 Å². The fourth-order valence-electron chi connectivity index (χ4n) is 2.09. The number of anilines is 1. The van der Waals surface area contributed by atoms with E-state index in [0.29, 0.717) is 24.5 Å². The van der Waals surface area contributed by atoms with Crippen molar-refractivity contribution in [3.63, 3.8) is 0 Å². The molecule has 0 radical (unpaired) electrons. The quantitative estimate of drug-likeness (QED) is 0.620. The van der Waals surface area contributed by atoms with Crippen LogP contribution in [0.15, 0.2) is 23.1 Å². The van der Waals surface area contributed by atoms with Crippen molar-refractivity contribution in [3.05, 3.63) is 18.2 Å². The number of hydrogen-bond donors (Lipinski definition) is 2. The smallest absolute Gasteiger partial charge is 0.332 e. The summed E-state index contributed by atoms with van der Waals surface area (Å²) in [7, 11) is 0. The third-order valence-corrected chi connectivity index (χ3v) is 4.31. The molecule has 3 N–H and O–H groups in total. The molecule has 1 heterocycles. The van der Waals surface area contributed by atoms with E-state index in [0.717, 1.165) is 17.1 Å². The molecule has 1 aromatic carbocycles. The Balaban J connectivity index is 1.91. The van der Waals surface area contributed by atoms with Crippen molar-refractivity contribution < 1.29 is 19.4 Å². The number of nitrogen functional groups attached to an aromatic ring is 1. The molecular formula is C14H19NO4S. The van der Waals surface area contributed by atoms with Crippen LogP contribution in [0, 0.1) is 0 Å². The van der Waals surface area contributed by atoms with Crippen LogP contribution < -0.4 is 10.5 Å². The van der Waals surface area contributed by atoms with Gasteiger partial charge in [0, 0.05) is 16.3 Å². The molecule has 2 unspecified atom stereocenters. The summed E-state index contributed by atoms with van der Waals surface area (Å²) in [5, 5.41) is 8.89. The summed E-state index contributed by atoms with van der Waals surface area (Å²) in [6.07, 6.45) is 0.660. The van der Waals surface area contributed by atoms with Gasteiger partial charge in [0.05, 0.1) is 12.7 Å². The topological polar surface area (TPSA) is 81.8 Å². The normalized spacial score (nSPS) is 21.9. The molecule has 2 rings (SSSR count). The maximum Gasteiger partial charge on any atom is 0.332 e. The maximum atomic E-state index is 10.8. The van der Waals surface area contributed by atoms with Crippen LogP contribution in [0.2, 0.25) is 0 Å². The highest BCUT2D eigenvalue weighted by atomic mass is 32.2. The first-order valence-corrected chi connectivity index (χ1v) is 7.62. The van der Waals surface area contributed by atoms with Gasteiger partial charge in [-0.05, 0) is 38.0 Å². The molecule has 6 heteroatoms. The van der Waals surface area contributed by atoms with Crippen LogP contribution in [0.4, 0.5) is 5.69 Å². The number of benzene rings is 1. The summed E-state index contributed by atoms with van der Waals surface area (Å²) < 4.78 is 10.9. The summed E-state index contributed by atoms with van der Waals surface area (Å²) in [6.45, 7) is 2.54. The Kier molecular flexibility index (Phi) is 5.14. The highest BCUT2D eigenvalue weighted by Crippen LogP contribution is 2.32. The second-order valence-electron chi connectivity index (χ2n) is 4.61. The van der Waals surface area contributed by atoms with Crippen molar-refractivity contribution in [2.45, 2.75) is 36.9 Å². The lowest BCUT2D eigenvalue weighted by molar-refractivity contribution is -0.148. The zero-order valence-corrected chi connectivity index (χ0v) is 12.2. The molecule has 0 amide bonds. The minimum atomic E-state index is -0.879. The molecule has 0 aromatic heterocycles. The Morgan fingerprint density at radius 2 is 2.35 bits per heavy atom. The molecule has 0 aliphatic carbocycles. The largest absolute Gasteiger partial charge is 0.494 e. The summed E-state index contributed by atoms with van der Waals surface area (Å²) in [4.78, 5) is 11.8. The van der Waals surface area contributed by atoms with E-state index < -0.39 is 12.1 Å². The van der Waals surface area contributed by atoms with Gasteiger partial charge >= 0.3 is 5.97 Å². The number of nitrogens with two attached hydrogens (primary N) is 1. The summed E-state index contributed by atoms with van der Waals surface area (Å²) >= 11 is 1.58. The van der Waals surface area contributed by atoms with Gasteiger partial charge in [0.25, 0.3) is 0 Å². The summed E-state index contributed by atoms with van der Waals surface area (Å²) in [5.41, 5.74) is 6.63. The average Bonchev–Trinajstić information content (AvgIpc) is 2.89. The van der Waals surface area contributed by atoms with Crippen LogP contribution in [0.3, 0.4) is 0 Å². The van der Waals surface area contributed by atoms with Crippen molar-refractivity contribution in [1.82, 2.24) is 0 Å². The van der Waals surface area contributed by atoms with Gasteiger partial charge in [-0.1, -0.05) is 0 Å². The molecular weight excluding hydrogens is 278 g/mol. The van der Waals surface area contributed by atoms with Crippen LogP contribution in [-0.4, -0.2) is 35.6 Å². The highest BCUT2D eigenvalue weighted by Gasteiger charge is 2.30. The minimum Gasteiger partial charge on any atom is -0.494 e. The first-order chi connectivity index (χ1) is 9.60. The van der Waals surface area contributed by atoms with E-state index in [2.05, 4.69) is 0 Å². The van der Waals surface area contributed by atoms with Gasteiger partial charge in [-0.3, -0.25) is 0 Å². The van der Waals surface area contributed by atoms with E-state index in [1.54, 1.807) is 11.8 Å². The number of thioether (sulfide) groups is 1. The predicted octanol–water partition coefficient (Wildman–Crippen LogP) is 2.39. The number of carboxylic acids is 1. The number of aliphatic carboxylic acids is 1. The molecule has 110 valence electrons. The van der Waals surface area contributed by atoms with E-state index >= 15 is 0 Å². The molecule has 1 saturated heterocycles. The lowest BCUT2D eigenvalue weighted by atomic mass is 10.2. The number of ether oxygens (including phenoxy) is 2. The van der Waals surface area contributed by atoms with Crippen molar-refractivity contribution in [1.29, 1.82) is 0 Å². The van der Waals surface area contributed by atoms with Crippen LogP contribution >= 0.6 is 11.8 Å². The monoisotopic (exact) mass is 297 g/mol. The van der Waals surface area contributed by atoms with Crippen molar-refractivity contribution >= 4 is 23.4 Å². The molecule has 0 bridgehead atoms. The fourth-order valence-corrected chi connectivity index (χ4v) is 3.13. The first-order valence-electron chi connectivity index (χ1n) is 6.63. The van der Waals surface area contributed by atoms with Crippen LogP contribution in [0.1, 0.15) is 19.8 Å². The van der Waals surface area contributed by atoms with Crippen LogP contribution in [0.5, 0.6) is 5.75 Å². The van der Waals surface area contributed by atoms with Crippen molar-refractivity contribution in [2.24, 2.45) is 0 Å². The second kappa shape index (κ2) is 6.85. The molecule has 1 aromatic rings. The van der Waals surface area contributed by atoms with Crippen molar-refractivity contribution in [3.8, 4) is 5.75 Å². The molecule has 0 spiro atoms. The van der Waals surface area contributed by atoms with Gasteiger partial charge in [0.1, 0.15) is 5.75 Å². The zero-order chi connectivity index (χ0) is 14.5. The van der Waals surface area contributed by atoms with E-state index in [-0.39, 0.29) is 6.10 Å². The third-order valence-electron chi connectivity index (χ3n) is 3.10. The highest BCUT2D eigenvalue weighted by molar-refractivity contribution is 7.99. The van der Waals surface area contributed by atoms with E-state index in [1.807, 2.05) is 25.1 Å². The number of hydrogen-bond acceptors (Lipinski definition) is 5. The molecule has 0 saturated carbocycles. The molecule has 5 nitrogen and oxygen atoms in total. The predicted molar refractivity (Wildman–Crippen MR) is 78.3 cm³/mol. The third kappa shape index (κ3) is 3.80. The average molecular weight is 297 g/mol. The van der Waals surface area contributed by atoms with Gasteiger partial charge in [-0.25, -0.2) is 4.79 Å². The van der Waals surface area contributed by atoms with Gasteiger partial charge < -0.3 is 20.3 Å². The van der Waals surface area contributed by atoms with E-state index in [1.165, 1.54) is 0 Å². The SMILES string of the molecule is CCOc1ccc(N)c(SCC2CCC(C(=O)O)O2)c1. The lowest BCUT2D eigenvalue weighted by Crippen LogP contribution is -2.21. The Morgan fingerprint density at radius 3 is 3.00 bits per heavy atom. The minimum absolute atomic E-state index is 0.0313. The molecule has 1 fully saturated rings. The van der Waals surface area contributed by atoms with Crippen molar-refractivity contribution in [2.75, 3.05) is 18.1 Å². The molecule has 1 aliphatic rings. The van der Waals surface area contributed by atoms with Gasteiger partial charge in [-0.2, -0.15) is 0 Å². The summed E-state index contributed by atoms with van der Waals surface area (Å²) in [6, 6.07) is 5.57. The maximum absolute atomic E-state index is 10.8. The van der Waals surface area contributed by atoms with E-state index in [9.17, 15) is 4.79 Å². The zero-order valence-electron chi connectivity index (χ0n) is 11.4. The standard InChI is InChI=1S/C14H19NO4S/c1-2-18-9-3-5-11(15)13(7-9)20-8-10-4-6-12(19-10)14(16)17/h3,5,7,10,12H,2,4,6,8,15H2,1H3,(H,16,17). The fraction of sp³-hybridized carbons (Fsp3) is 0.500. The summed E-state index contributed by atoms with van der Waals surface area (Å²) in [5.74, 6) is 0.610. The molecule has 2 atom stereocenters. The Bertz CT molecular complexity index is 480. The number of carboxylic acid groups (broad SMARTS) is 1. The lowest BCUT2D eigenvalue weighted by Gasteiger charge is -2.13. The van der Waals surface area contributed by atoms with Gasteiger partial charge in [0.15, 0.2) is 6.10 Å². The number of rotatable bonds is 6. The van der Waals surface area contributed by atoms with E-state index in [4.69, 9.17) is 20.3 Å². The Hall–Kier alpha value is -1.40. The number of carbonyl (C=O) groups is 1. The van der Waals surface area contributed by atoms with Gasteiger partial charge in [0.2, 0.25) is 0 Å². The Morgan fingerprint density at radius 1 is 1.55 bits per heavy atom. The first kappa shape index (κ1) is 15.0. The van der Waals surface area contributed by atoms with Crippen LogP contribution in [0.25, 0.3) is 0 Å². The Labute approximate surface area is 122 Å². The molecule has 20 heavy (non-hydrogen) atoms. The molecule has 1 aliphatic heterocycles. The van der Waals surface area contributed by atoms with Gasteiger partial charge in [-0.15, -0.1) is 11.8 Å². The second-order valence-corrected chi connectivity index (χ2v) is 5.67.